The van der Waals surface area contributed by atoms with E-state index < -0.39 is 17.4 Å². The molecule has 0 nitrogen and oxygen atoms in total. The van der Waals surface area contributed by atoms with Gasteiger partial charge in [0.2, 0.25) is 0 Å². The quantitative estimate of drug-likeness (QED) is 0.515. The number of benzene rings is 1. The van der Waals surface area contributed by atoms with Crippen LogP contribution in [0.15, 0.2) is 49.8 Å². The van der Waals surface area contributed by atoms with Crippen LogP contribution in [0.2, 0.25) is 9.26 Å². The van der Waals surface area contributed by atoms with Crippen molar-refractivity contribution in [3.63, 3.8) is 0 Å². The summed E-state index contributed by atoms with van der Waals surface area (Å²) in [6.45, 7) is 4.68. The summed E-state index contributed by atoms with van der Waals surface area (Å²) in [5.41, 5.74) is 4.53. The van der Waals surface area contributed by atoms with Gasteiger partial charge in [-0.3, -0.25) is 9.41 Å². The summed E-state index contributed by atoms with van der Waals surface area (Å²) in [5, 5.41) is 0. The van der Waals surface area contributed by atoms with Gasteiger partial charge in [-0.15, -0.1) is 0 Å². The third-order valence-electron chi connectivity index (χ3n) is 4.98. The molecule has 120 valence electrons. The molecule has 0 radical (unpaired) electrons. The predicted molar refractivity (Wildman–Crippen MR) is 97.7 cm³/mol. The Labute approximate surface area is 142 Å². The fraction of sp³-hybridized carbons (Fsp3) is 0.294. The molecule has 0 saturated carbocycles. The number of fused-ring (bicyclic) bond motifs is 1. The van der Waals surface area contributed by atoms with Crippen LogP contribution in [0.1, 0.15) is 28.1 Å². The minimum absolute atomic E-state index is 0. The van der Waals surface area contributed by atoms with Crippen molar-refractivity contribution in [2.75, 3.05) is 0 Å². The Morgan fingerprint density at radius 2 is 1.91 bits per heavy atom. The molecule has 1 unspecified atom stereocenters. The molecule has 5 heteroatoms. The van der Waals surface area contributed by atoms with Crippen LogP contribution in [0.3, 0.4) is 0 Å². The van der Waals surface area contributed by atoms with E-state index in [1.54, 1.807) is 14.4 Å². The normalized spacial score (nSPS) is 19.8. The summed E-state index contributed by atoms with van der Waals surface area (Å²) in [5.74, 6) is 0. The van der Waals surface area contributed by atoms with E-state index in [4.69, 9.17) is 0 Å². The molecule has 0 heterocycles. The van der Waals surface area contributed by atoms with Crippen LogP contribution in [-0.4, -0.2) is 6.88 Å². The van der Waals surface area contributed by atoms with Crippen molar-refractivity contribution in [1.29, 1.82) is 0 Å². The van der Waals surface area contributed by atoms with Crippen LogP contribution >= 0.6 is 15.9 Å². The van der Waals surface area contributed by atoms with Crippen LogP contribution in [-0.2, 0) is 17.4 Å². The second-order valence-electron chi connectivity index (χ2n) is 7.20. The Morgan fingerprint density at radius 1 is 1.23 bits per heavy atom. The average Bonchev–Trinajstić information content (AvgIpc) is 2.95. The molecule has 0 fully saturated rings. The summed E-state index contributed by atoms with van der Waals surface area (Å²) in [7, 11) is 0. The van der Waals surface area contributed by atoms with E-state index in [9.17, 15) is 0 Å². The summed E-state index contributed by atoms with van der Waals surface area (Å²) in [4.78, 5) is 0. The number of rotatable bonds is 2. The van der Waals surface area contributed by atoms with Gasteiger partial charge in [0, 0.05) is 0 Å². The van der Waals surface area contributed by atoms with E-state index in [1.807, 2.05) is 0 Å². The fourth-order valence-electron chi connectivity index (χ4n) is 3.98. The van der Waals surface area contributed by atoms with Crippen molar-refractivity contribution in [3.05, 3.63) is 60.9 Å². The van der Waals surface area contributed by atoms with Crippen molar-refractivity contribution in [2.45, 2.75) is 26.2 Å². The largest absolute Gasteiger partial charge is 0.269 e. The van der Waals surface area contributed by atoms with Crippen LogP contribution < -0.4 is 0 Å². The number of allylic oxidation sites excluding steroid dienone is 5. The molecule has 1 atom stereocenters. The summed E-state index contributed by atoms with van der Waals surface area (Å²) in [6, 6.07) is 6.70. The van der Waals surface area contributed by atoms with E-state index in [2.05, 4.69) is 81.5 Å². The summed E-state index contributed by atoms with van der Waals surface area (Å²) >= 11 is 0.786. The monoisotopic (exact) mass is 462 g/mol. The van der Waals surface area contributed by atoms with Crippen molar-refractivity contribution in [2.24, 2.45) is 0 Å². The van der Waals surface area contributed by atoms with E-state index in [-0.39, 0.29) is 9.41 Å². The maximum Gasteiger partial charge on any atom is -0.269 e. The van der Waals surface area contributed by atoms with Crippen molar-refractivity contribution >= 4 is 28.9 Å². The van der Waals surface area contributed by atoms with E-state index in [0.29, 0.717) is 3.63 Å². The maximum atomic E-state index is 3.72. The third-order valence-corrected chi connectivity index (χ3v) is 23.3. The first-order chi connectivity index (χ1) is 9.30. The molecular weight excluding hydrogens is 441 g/mol. The zero-order valence-corrected chi connectivity index (χ0v) is 18.7. The van der Waals surface area contributed by atoms with Crippen molar-refractivity contribution < 1.29 is 26.8 Å². The summed E-state index contributed by atoms with van der Waals surface area (Å²) < 4.78 is 8.89. The SMILES string of the molecule is CC1=Cc2c(Br)cccc2[CH]1[Zr]([CH3])([CH3])(=[SiH2])[C]1=CC=CC1.F.F. The van der Waals surface area contributed by atoms with Gasteiger partial charge in [0.1, 0.15) is 0 Å². The molecule has 2 aliphatic carbocycles. The Balaban J connectivity index is 0.00000121. The van der Waals surface area contributed by atoms with Crippen LogP contribution in [0.4, 0.5) is 9.41 Å². The van der Waals surface area contributed by atoms with Gasteiger partial charge in [-0.1, -0.05) is 0 Å². The van der Waals surface area contributed by atoms with E-state index in [1.165, 1.54) is 16.5 Å². The molecule has 0 spiro atoms. The van der Waals surface area contributed by atoms with Gasteiger partial charge >= 0.3 is 133 Å². The molecular formula is C17H23BrF2SiZr. The Kier molecular flexibility index (Phi) is 5.81. The second kappa shape index (κ2) is 6.41. The van der Waals surface area contributed by atoms with Crippen LogP contribution in [0.25, 0.3) is 6.08 Å². The Morgan fingerprint density at radius 3 is 2.50 bits per heavy atom. The van der Waals surface area contributed by atoms with Crippen LogP contribution in [0, 0.1) is 0 Å². The van der Waals surface area contributed by atoms with Crippen molar-refractivity contribution in [3.8, 4) is 0 Å². The van der Waals surface area contributed by atoms with Gasteiger partial charge in [0.05, 0.1) is 0 Å². The second-order valence-corrected chi connectivity index (χ2v) is 37.7. The van der Waals surface area contributed by atoms with Gasteiger partial charge in [0.25, 0.3) is 0 Å². The van der Waals surface area contributed by atoms with Gasteiger partial charge in [-0.25, -0.2) is 0 Å². The topological polar surface area (TPSA) is 0 Å². The molecule has 22 heavy (non-hydrogen) atoms. The van der Waals surface area contributed by atoms with E-state index >= 15 is 0 Å². The smallest absolute Gasteiger partial charge is 0.269 e. The number of hydrogen-bond donors (Lipinski definition) is 0. The molecule has 0 amide bonds. The fourth-order valence-corrected chi connectivity index (χ4v) is 20.5. The zero-order valence-electron chi connectivity index (χ0n) is 13.2. The third kappa shape index (κ3) is 2.97. The zero-order chi connectivity index (χ0) is 14.6. The molecule has 0 N–H and O–H groups in total. The number of halogens is 3. The van der Waals surface area contributed by atoms with Gasteiger partial charge in [-0.05, 0) is 0 Å². The standard InChI is InChI=1S/C10H8Br.C5H5.2CH3.2FH.H2Si.Zr/c1-7-5-8-3-2-4-10(11)9(8)6-7;1-2-4-5-3-1;;;;;;/h2-6H,1H3;1-3H,4H2;2*1H3;2*1H;1H2;. The Hall–Kier alpha value is -0.120. The molecule has 1 aromatic rings. The minimum atomic E-state index is -2.94. The van der Waals surface area contributed by atoms with Gasteiger partial charge in [-0.2, -0.15) is 0 Å². The molecule has 0 aromatic heterocycles. The first-order valence-corrected chi connectivity index (χ1v) is 21.5. The summed E-state index contributed by atoms with van der Waals surface area (Å²) in [6.07, 6.45) is 10.6. The average molecular weight is 465 g/mol. The van der Waals surface area contributed by atoms with Crippen LogP contribution in [0.5, 0.6) is 0 Å². The molecule has 0 saturated heterocycles. The molecule has 0 bridgehead atoms. The first-order valence-electron chi connectivity index (χ1n) is 7.20. The maximum absolute atomic E-state index is 3.72. The van der Waals surface area contributed by atoms with Gasteiger partial charge in [0.15, 0.2) is 0 Å². The Bertz CT molecular complexity index is 756. The molecule has 0 aliphatic heterocycles. The number of hydrogen-bond acceptors (Lipinski definition) is 0. The molecule has 3 rings (SSSR count). The first kappa shape index (κ1) is 19.9. The molecule has 1 aromatic carbocycles. The van der Waals surface area contributed by atoms with E-state index in [0.717, 1.165) is 0 Å². The van der Waals surface area contributed by atoms with Crippen molar-refractivity contribution in [1.82, 2.24) is 0 Å². The van der Waals surface area contributed by atoms with Gasteiger partial charge < -0.3 is 0 Å². The predicted octanol–water partition coefficient (Wildman–Crippen LogP) is 5.39. The molecule has 2 aliphatic rings. The minimum Gasteiger partial charge on any atom is -0.269 e.